The number of H-pyrrole nitrogens is 1. The minimum absolute atomic E-state index is 0.0284. The number of ketones is 1. The van der Waals surface area contributed by atoms with Crippen LogP contribution in [0.5, 0.6) is 23.0 Å². The number of dihydropyridines is 1. The van der Waals surface area contributed by atoms with E-state index in [2.05, 4.69) is 58.9 Å². The van der Waals surface area contributed by atoms with Gasteiger partial charge in [-0.15, -0.1) is 0 Å². The first-order chi connectivity index (χ1) is 23.8. The highest BCUT2D eigenvalue weighted by Gasteiger charge is 2.23. The van der Waals surface area contributed by atoms with E-state index in [1.807, 2.05) is 12.1 Å². The lowest BCUT2D eigenvalue weighted by Gasteiger charge is -2.22. The van der Waals surface area contributed by atoms with Crippen LogP contribution in [0.4, 0.5) is 0 Å². The van der Waals surface area contributed by atoms with Crippen molar-refractivity contribution in [3.8, 4) is 34.8 Å². The number of phenolic OH excluding ortho intramolecular Hbond substituents is 1. The topological polar surface area (TPSA) is 122 Å². The number of fused-ring (bicyclic) bond motifs is 2. The van der Waals surface area contributed by atoms with Crippen LogP contribution < -0.4 is 20.1 Å². The molecule has 3 heterocycles. The summed E-state index contributed by atoms with van der Waals surface area (Å²) in [4.78, 5) is 29.1. The largest absolute Gasteiger partial charge is 0.508 e. The van der Waals surface area contributed by atoms with Crippen molar-refractivity contribution in [2.45, 2.75) is 77.2 Å². The summed E-state index contributed by atoms with van der Waals surface area (Å²) in [7, 11) is 1.56. The average molecular weight is 666 g/mol. The van der Waals surface area contributed by atoms with Gasteiger partial charge in [-0.3, -0.25) is 9.59 Å². The van der Waals surface area contributed by atoms with Crippen molar-refractivity contribution < 1.29 is 28.9 Å². The molecule has 2 aliphatic heterocycles. The Morgan fingerprint density at radius 2 is 1.86 bits per heavy atom. The smallest absolute Gasteiger partial charge is 0.302 e. The van der Waals surface area contributed by atoms with E-state index >= 15 is 0 Å². The fourth-order valence-corrected chi connectivity index (χ4v) is 6.42. The number of aromatic nitrogens is 1. The third-order valence-electron chi connectivity index (χ3n) is 9.08. The number of phenols is 1. The van der Waals surface area contributed by atoms with Crippen LogP contribution in [-0.2, 0) is 27.2 Å². The number of aryl methyl sites for hydroxylation is 1. The predicted octanol–water partition coefficient (Wildman–Crippen LogP) is 6.85. The Morgan fingerprint density at radius 1 is 1.00 bits per heavy atom. The highest BCUT2D eigenvalue weighted by Crippen LogP contribution is 2.36. The van der Waals surface area contributed by atoms with Crippen molar-refractivity contribution in [1.82, 2.24) is 15.6 Å². The molecule has 4 N–H and O–H groups in total. The maximum absolute atomic E-state index is 13.7. The molecule has 2 aromatic carbocycles. The predicted molar refractivity (Wildman–Crippen MR) is 189 cm³/mol. The minimum Gasteiger partial charge on any atom is -0.508 e. The number of ether oxygens (including phenoxy) is 3. The average Bonchev–Trinajstić information content (AvgIpc) is 3.53. The summed E-state index contributed by atoms with van der Waals surface area (Å²) in [5.41, 5.74) is 4.73. The van der Waals surface area contributed by atoms with Gasteiger partial charge in [0.15, 0.2) is 11.5 Å². The van der Waals surface area contributed by atoms with E-state index in [1.54, 1.807) is 31.4 Å². The lowest BCUT2D eigenvalue weighted by atomic mass is 9.88. The number of methoxy groups -OCH3 is 1. The van der Waals surface area contributed by atoms with E-state index in [1.165, 1.54) is 29.7 Å². The van der Waals surface area contributed by atoms with Gasteiger partial charge in [0.2, 0.25) is 0 Å². The quantitative estimate of drug-likeness (QED) is 0.167. The van der Waals surface area contributed by atoms with Crippen molar-refractivity contribution in [2.24, 2.45) is 5.92 Å². The zero-order chi connectivity index (χ0) is 34.6. The molecule has 0 saturated carbocycles. The Kier molecular flexibility index (Phi) is 12.5. The van der Waals surface area contributed by atoms with Crippen LogP contribution in [0.15, 0.2) is 78.4 Å². The van der Waals surface area contributed by atoms with Gasteiger partial charge in [0.25, 0.3) is 0 Å². The minimum atomic E-state index is -0.498. The van der Waals surface area contributed by atoms with Crippen LogP contribution in [0.3, 0.4) is 0 Å². The lowest BCUT2D eigenvalue weighted by Crippen LogP contribution is -2.29. The Hall–Kier alpha value is -5.10. The van der Waals surface area contributed by atoms with E-state index in [0.717, 1.165) is 50.0 Å². The van der Waals surface area contributed by atoms with Crippen molar-refractivity contribution in [3.05, 3.63) is 95.1 Å². The molecule has 0 aliphatic carbocycles. The number of nitrogens with one attached hydrogen (secondary N) is 3. The molecule has 0 fully saturated rings. The Balaban J connectivity index is 1.41. The number of aromatic amines is 1. The molecule has 2 aliphatic rings. The van der Waals surface area contributed by atoms with Gasteiger partial charge < -0.3 is 34.9 Å². The summed E-state index contributed by atoms with van der Waals surface area (Å²) in [6, 6.07) is 12.0. The van der Waals surface area contributed by atoms with Gasteiger partial charge in [-0.05, 0) is 90.6 Å². The van der Waals surface area contributed by atoms with Gasteiger partial charge in [-0.2, -0.15) is 0 Å². The number of hydrogen-bond donors (Lipinski definition) is 4. The maximum atomic E-state index is 13.7. The van der Waals surface area contributed by atoms with Gasteiger partial charge in [-0.25, -0.2) is 0 Å². The Labute approximate surface area is 289 Å². The zero-order valence-corrected chi connectivity index (χ0v) is 28.6. The molecular weight excluding hydrogens is 618 g/mol. The Bertz CT molecular complexity index is 1730. The van der Waals surface area contributed by atoms with Gasteiger partial charge >= 0.3 is 5.97 Å². The monoisotopic (exact) mass is 665 g/mol. The second-order valence-corrected chi connectivity index (χ2v) is 12.7. The first kappa shape index (κ1) is 35.2. The summed E-state index contributed by atoms with van der Waals surface area (Å²) >= 11 is 0. The molecule has 0 amide bonds. The zero-order valence-electron chi connectivity index (χ0n) is 28.6. The highest BCUT2D eigenvalue weighted by atomic mass is 16.5. The molecule has 9 heteroatoms. The number of rotatable bonds is 6. The van der Waals surface area contributed by atoms with Gasteiger partial charge in [0.05, 0.1) is 25.4 Å². The molecule has 0 spiro atoms. The molecule has 0 unspecified atom stereocenters. The number of carbonyl (C=O) groups excluding carboxylic acids is 2. The van der Waals surface area contributed by atoms with E-state index in [-0.39, 0.29) is 30.3 Å². The summed E-state index contributed by atoms with van der Waals surface area (Å²) in [6.45, 7) is 4.73. The highest BCUT2D eigenvalue weighted by molar-refractivity contribution is 5.81. The van der Waals surface area contributed by atoms with Crippen molar-refractivity contribution in [1.29, 1.82) is 0 Å². The number of Topliss-reactive ketones (excluding diaryl/α,β-unsaturated/α-hetero) is 1. The first-order valence-corrected chi connectivity index (χ1v) is 17.1. The van der Waals surface area contributed by atoms with Gasteiger partial charge in [0, 0.05) is 44.8 Å². The van der Waals surface area contributed by atoms with E-state index in [4.69, 9.17) is 14.2 Å². The fraction of sp³-hybridized carbons (Fsp3) is 0.400. The third kappa shape index (κ3) is 10.4. The number of aromatic hydroxyl groups is 1. The molecule has 3 aromatic rings. The van der Waals surface area contributed by atoms with Crippen molar-refractivity contribution in [3.63, 3.8) is 0 Å². The van der Waals surface area contributed by atoms with Crippen LogP contribution in [0, 0.1) is 17.8 Å². The lowest BCUT2D eigenvalue weighted by molar-refractivity contribution is -0.148. The van der Waals surface area contributed by atoms with Gasteiger partial charge in [0.1, 0.15) is 23.4 Å². The van der Waals surface area contributed by atoms with E-state index in [9.17, 15) is 14.7 Å². The van der Waals surface area contributed by atoms with Crippen LogP contribution in [0.2, 0.25) is 0 Å². The molecule has 0 radical (unpaired) electrons. The summed E-state index contributed by atoms with van der Waals surface area (Å²) in [5, 5.41) is 16.7. The molecule has 9 nitrogen and oxygen atoms in total. The number of allylic oxidation sites excluding steroid dienone is 2. The van der Waals surface area contributed by atoms with Crippen LogP contribution >= 0.6 is 0 Å². The SMILES string of the molecule is CC[C@@H]1CC[C@@H](OC(C)=O)CC(=O)C[C@H](c2ccc(Oc3cccc(O)c3)c(OC)c2)C#CCNC2=CC(=CCN2)CCc2c[nH]cc2C1. The molecule has 3 atom stereocenters. The summed E-state index contributed by atoms with van der Waals surface area (Å²) < 4.78 is 17.4. The summed E-state index contributed by atoms with van der Waals surface area (Å²) in [5.74, 6) is 8.55. The van der Waals surface area contributed by atoms with Crippen LogP contribution in [0.1, 0.15) is 75.0 Å². The number of benzene rings is 2. The van der Waals surface area contributed by atoms with Crippen LogP contribution in [-0.4, -0.2) is 48.1 Å². The summed E-state index contributed by atoms with van der Waals surface area (Å²) in [6.07, 6.45) is 13.6. The van der Waals surface area contributed by atoms with E-state index in [0.29, 0.717) is 36.1 Å². The number of esters is 1. The molecule has 0 saturated heterocycles. The third-order valence-corrected chi connectivity index (χ3v) is 9.08. The molecule has 49 heavy (non-hydrogen) atoms. The van der Waals surface area contributed by atoms with Crippen molar-refractivity contribution >= 4 is 11.8 Å². The molecule has 258 valence electrons. The standard InChI is InChI=1S/C40H47N3O6/c1-4-28-11-14-37(48-27(2)44)24-35(46)21-30(31-13-15-38(39(22-31)47-3)49-36-9-5-8-34(45)23-36)7-6-17-42-40-20-29(16-18-43-40)10-12-32-25-41-26-33(32)19-28/h5,8-9,13,15-16,20,22-23,25-26,28,30,37,41-43,45H,4,10-12,14,17-19,21,24H2,1-3H3/t28-,30-,37-/m1/s1. The number of carbonyl (C=O) groups is 2. The van der Waals surface area contributed by atoms with Gasteiger partial charge in [-0.1, -0.05) is 43.4 Å². The maximum Gasteiger partial charge on any atom is 0.302 e. The molecule has 5 rings (SSSR count). The van der Waals surface area contributed by atoms with E-state index < -0.39 is 12.0 Å². The second-order valence-electron chi connectivity index (χ2n) is 12.7. The number of hydrogen-bond acceptors (Lipinski definition) is 8. The first-order valence-electron chi connectivity index (χ1n) is 17.1. The Morgan fingerprint density at radius 3 is 2.65 bits per heavy atom. The van der Waals surface area contributed by atoms with Crippen LogP contribution in [0.25, 0.3) is 0 Å². The van der Waals surface area contributed by atoms with Crippen molar-refractivity contribution in [2.75, 3.05) is 20.2 Å². The molecule has 2 bridgehead atoms. The molecule has 1 aromatic heterocycles. The molecular formula is C40H47N3O6. The normalized spacial score (nSPS) is 20.5. The second kappa shape index (κ2) is 17.3. The fourth-order valence-electron chi connectivity index (χ4n) is 6.42.